The van der Waals surface area contributed by atoms with Crippen LogP contribution in [0.5, 0.6) is 0 Å². The second kappa shape index (κ2) is 3.73. The Morgan fingerprint density at radius 2 is 2.43 bits per heavy atom. The Morgan fingerprint density at radius 1 is 1.64 bits per heavy atom. The Hall–Kier alpha value is -0.830. The van der Waals surface area contributed by atoms with Gasteiger partial charge in [-0.1, -0.05) is 6.92 Å². The third-order valence-electron chi connectivity index (χ3n) is 3.31. The molecule has 2 rings (SSSR count). The van der Waals surface area contributed by atoms with E-state index in [1.807, 2.05) is 11.7 Å². The van der Waals surface area contributed by atoms with Gasteiger partial charge in [-0.15, -0.1) is 0 Å². The molecule has 0 amide bonds. The van der Waals surface area contributed by atoms with Crippen molar-refractivity contribution in [3.05, 3.63) is 17.5 Å². The van der Waals surface area contributed by atoms with E-state index in [4.69, 9.17) is 0 Å². The molecule has 1 fully saturated rings. The summed E-state index contributed by atoms with van der Waals surface area (Å²) in [5, 5.41) is 7.82. The first kappa shape index (κ1) is 9.71. The molecule has 0 aliphatic carbocycles. The van der Waals surface area contributed by atoms with E-state index in [-0.39, 0.29) is 0 Å². The van der Waals surface area contributed by atoms with Crippen LogP contribution in [0.2, 0.25) is 0 Å². The van der Waals surface area contributed by atoms with Crippen LogP contribution in [0.25, 0.3) is 0 Å². The first-order valence-corrected chi connectivity index (χ1v) is 5.39. The highest BCUT2D eigenvalue weighted by molar-refractivity contribution is 5.14. The van der Waals surface area contributed by atoms with E-state index in [0.717, 1.165) is 18.2 Å². The summed E-state index contributed by atoms with van der Waals surface area (Å²) in [5.74, 6) is 1.40. The number of nitrogens with zero attached hydrogens (tertiary/aromatic N) is 2. The van der Waals surface area contributed by atoms with E-state index in [1.54, 1.807) is 0 Å². The van der Waals surface area contributed by atoms with Gasteiger partial charge in [0.25, 0.3) is 0 Å². The molecule has 2 heterocycles. The van der Waals surface area contributed by atoms with E-state index in [1.165, 1.54) is 18.7 Å². The van der Waals surface area contributed by atoms with Crippen molar-refractivity contribution >= 4 is 0 Å². The predicted molar refractivity (Wildman–Crippen MR) is 57.3 cm³/mol. The molecule has 3 heteroatoms. The molecular formula is C11H19N3. The summed E-state index contributed by atoms with van der Waals surface area (Å²) in [6.45, 7) is 6.70. The molecule has 14 heavy (non-hydrogen) atoms. The van der Waals surface area contributed by atoms with Crippen LogP contribution in [-0.4, -0.2) is 22.9 Å². The molecule has 1 aliphatic rings. The zero-order valence-corrected chi connectivity index (χ0v) is 9.25. The van der Waals surface area contributed by atoms with Crippen molar-refractivity contribution in [3.8, 4) is 0 Å². The van der Waals surface area contributed by atoms with Crippen LogP contribution in [0.1, 0.15) is 30.7 Å². The highest BCUT2D eigenvalue weighted by Crippen LogP contribution is 2.28. The Bertz CT molecular complexity index is 310. The normalized spacial score (nSPS) is 24.1. The van der Waals surface area contributed by atoms with Gasteiger partial charge in [0.1, 0.15) is 0 Å². The zero-order valence-electron chi connectivity index (χ0n) is 9.25. The largest absolute Gasteiger partial charge is 0.316 e. The minimum atomic E-state index is 0.621. The quantitative estimate of drug-likeness (QED) is 0.770. The Labute approximate surface area is 85.5 Å². The standard InChI is InChI=1S/C11H19N3/c1-8-6-11(14(3)13-8)9(2)10-4-5-12-7-10/h6,9-10,12H,4-5,7H2,1-3H3. The van der Waals surface area contributed by atoms with Gasteiger partial charge in [-0.2, -0.15) is 5.10 Å². The lowest BCUT2D eigenvalue weighted by atomic mass is 9.90. The molecule has 1 aromatic rings. The van der Waals surface area contributed by atoms with E-state index < -0.39 is 0 Å². The average Bonchev–Trinajstić information content (AvgIpc) is 2.73. The van der Waals surface area contributed by atoms with Gasteiger partial charge < -0.3 is 5.32 Å². The summed E-state index contributed by atoms with van der Waals surface area (Å²) in [6, 6.07) is 2.21. The second-order valence-electron chi connectivity index (χ2n) is 4.38. The number of hydrogen-bond donors (Lipinski definition) is 1. The smallest absolute Gasteiger partial charge is 0.0596 e. The van der Waals surface area contributed by atoms with Crippen molar-refractivity contribution in [2.24, 2.45) is 13.0 Å². The van der Waals surface area contributed by atoms with Crippen molar-refractivity contribution in [2.45, 2.75) is 26.2 Å². The highest BCUT2D eigenvalue weighted by atomic mass is 15.3. The topological polar surface area (TPSA) is 29.9 Å². The van der Waals surface area contributed by atoms with Gasteiger partial charge >= 0.3 is 0 Å². The molecule has 0 aromatic carbocycles. The number of aryl methyl sites for hydroxylation is 2. The minimum Gasteiger partial charge on any atom is -0.316 e. The minimum absolute atomic E-state index is 0.621. The van der Waals surface area contributed by atoms with Gasteiger partial charge in [0, 0.05) is 18.7 Å². The molecule has 0 spiro atoms. The Balaban J connectivity index is 2.17. The van der Waals surface area contributed by atoms with Crippen molar-refractivity contribution in [3.63, 3.8) is 0 Å². The van der Waals surface area contributed by atoms with Gasteiger partial charge in [-0.05, 0) is 38.4 Å². The molecular weight excluding hydrogens is 174 g/mol. The maximum atomic E-state index is 4.40. The van der Waals surface area contributed by atoms with Crippen LogP contribution in [0.15, 0.2) is 6.07 Å². The van der Waals surface area contributed by atoms with E-state index in [0.29, 0.717) is 5.92 Å². The van der Waals surface area contributed by atoms with Gasteiger partial charge in [0.05, 0.1) is 5.69 Å². The number of hydrogen-bond acceptors (Lipinski definition) is 2. The molecule has 0 saturated carbocycles. The lowest BCUT2D eigenvalue weighted by Gasteiger charge is -2.18. The molecule has 1 aliphatic heterocycles. The molecule has 1 N–H and O–H groups in total. The number of nitrogens with one attached hydrogen (secondary N) is 1. The third-order valence-corrected chi connectivity index (χ3v) is 3.31. The summed E-state index contributed by atoms with van der Waals surface area (Å²) in [4.78, 5) is 0. The lowest BCUT2D eigenvalue weighted by Crippen LogP contribution is -2.16. The molecule has 1 aromatic heterocycles. The molecule has 78 valence electrons. The van der Waals surface area contributed by atoms with Gasteiger partial charge in [0.15, 0.2) is 0 Å². The first-order valence-electron chi connectivity index (χ1n) is 5.39. The summed E-state index contributed by atoms with van der Waals surface area (Å²) in [7, 11) is 2.04. The van der Waals surface area contributed by atoms with Crippen molar-refractivity contribution in [2.75, 3.05) is 13.1 Å². The van der Waals surface area contributed by atoms with Crippen molar-refractivity contribution in [1.29, 1.82) is 0 Å². The summed E-state index contributed by atoms with van der Waals surface area (Å²) in [5.41, 5.74) is 2.50. The SMILES string of the molecule is Cc1cc(C(C)C2CCNC2)n(C)n1. The summed E-state index contributed by atoms with van der Waals surface area (Å²) < 4.78 is 2.03. The summed E-state index contributed by atoms with van der Waals surface area (Å²) >= 11 is 0. The van der Waals surface area contributed by atoms with Crippen molar-refractivity contribution in [1.82, 2.24) is 15.1 Å². The van der Waals surface area contributed by atoms with Crippen LogP contribution in [0.4, 0.5) is 0 Å². The molecule has 3 nitrogen and oxygen atoms in total. The fourth-order valence-electron chi connectivity index (χ4n) is 2.40. The molecule has 2 atom stereocenters. The van der Waals surface area contributed by atoms with E-state index >= 15 is 0 Å². The van der Waals surface area contributed by atoms with E-state index in [9.17, 15) is 0 Å². The molecule has 0 radical (unpaired) electrons. The fraction of sp³-hybridized carbons (Fsp3) is 0.727. The average molecular weight is 193 g/mol. The molecule has 2 unspecified atom stereocenters. The van der Waals surface area contributed by atoms with Crippen LogP contribution in [0.3, 0.4) is 0 Å². The third kappa shape index (κ3) is 1.69. The number of aromatic nitrogens is 2. The van der Waals surface area contributed by atoms with Crippen LogP contribution >= 0.6 is 0 Å². The van der Waals surface area contributed by atoms with Gasteiger partial charge in [-0.25, -0.2) is 0 Å². The zero-order chi connectivity index (χ0) is 10.1. The van der Waals surface area contributed by atoms with Crippen LogP contribution < -0.4 is 5.32 Å². The molecule has 1 saturated heterocycles. The maximum Gasteiger partial charge on any atom is 0.0596 e. The lowest BCUT2D eigenvalue weighted by molar-refractivity contribution is 0.460. The van der Waals surface area contributed by atoms with Crippen LogP contribution in [0, 0.1) is 12.8 Å². The highest BCUT2D eigenvalue weighted by Gasteiger charge is 2.24. The second-order valence-corrected chi connectivity index (χ2v) is 4.38. The summed E-state index contributed by atoms with van der Waals surface area (Å²) in [6.07, 6.45) is 1.30. The first-order chi connectivity index (χ1) is 6.68. The molecule has 0 bridgehead atoms. The van der Waals surface area contributed by atoms with Gasteiger partial charge in [-0.3, -0.25) is 4.68 Å². The predicted octanol–water partition coefficient (Wildman–Crippen LogP) is 1.44. The van der Waals surface area contributed by atoms with Crippen molar-refractivity contribution < 1.29 is 0 Å². The Kier molecular flexibility index (Phi) is 2.59. The van der Waals surface area contributed by atoms with Crippen LogP contribution in [-0.2, 0) is 7.05 Å². The van der Waals surface area contributed by atoms with E-state index in [2.05, 4.69) is 30.3 Å². The Morgan fingerprint density at radius 3 is 2.93 bits per heavy atom. The maximum absolute atomic E-state index is 4.40. The number of rotatable bonds is 2. The monoisotopic (exact) mass is 193 g/mol. The fourth-order valence-corrected chi connectivity index (χ4v) is 2.40. The van der Waals surface area contributed by atoms with Gasteiger partial charge in [0.2, 0.25) is 0 Å².